The van der Waals surface area contributed by atoms with Crippen LogP contribution in [0.5, 0.6) is 0 Å². The van der Waals surface area contributed by atoms with Gasteiger partial charge in [0, 0.05) is 25.3 Å². The first kappa shape index (κ1) is 12.4. The van der Waals surface area contributed by atoms with E-state index in [1.54, 1.807) is 0 Å². The molecule has 0 aromatic heterocycles. The third-order valence-corrected chi connectivity index (χ3v) is 3.77. The van der Waals surface area contributed by atoms with Crippen molar-refractivity contribution in [2.24, 2.45) is 5.92 Å². The highest BCUT2D eigenvalue weighted by Gasteiger charge is 2.17. The highest BCUT2D eigenvalue weighted by molar-refractivity contribution is 5.54. The molecule has 2 heteroatoms. The molecule has 1 saturated heterocycles. The van der Waals surface area contributed by atoms with Gasteiger partial charge >= 0.3 is 0 Å². The lowest BCUT2D eigenvalue weighted by molar-refractivity contribution is 0.438. The summed E-state index contributed by atoms with van der Waals surface area (Å²) in [5.41, 5.74) is 4.21. The minimum absolute atomic E-state index is 0.898. The molecule has 0 saturated carbocycles. The third kappa shape index (κ3) is 3.01. The molecule has 0 amide bonds. The molecule has 0 unspecified atom stereocenters. The second-order valence-corrected chi connectivity index (χ2v) is 5.32. The van der Waals surface area contributed by atoms with Crippen LogP contribution in [-0.2, 0) is 6.54 Å². The zero-order chi connectivity index (χ0) is 12.3. The van der Waals surface area contributed by atoms with Crippen molar-refractivity contribution in [3.05, 3.63) is 29.3 Å². The quantitative estimate of drug-likeness (QED) is 0.862. The van der Waals surface area contributed by atoms with E-state index in [4.69, 9.17) is 0 Å². The van der Waals surface area contributed by atoms with Gasteiger partial charge in [-0.1, -0.05) is 19.1 Å². The Morgan fingerprint density at radius 2 is 2.00 bits per heavy atom. The number of benzene rings is 1. The Bertz CT molecular complexity index is 365. The molecule has 0 aliphatic carbocycles. The van der Waals surface area contributed by atoms with Crippen molar-refractivity contribution < 1.29 is 0 Å². The minimum Gasteiger partial charge on any atom is -0.371 e. The average Bonchev–Trinajstić information content (AvgIpc) is 2.31. The predicted molar refractivity (Wildman–Crippen MR) is 74.6 cm³/mol. The first-order chi connectivity index (χ1) is 8.20. The molecule has 1 aliphatic heterocycles. The van der Waals surface area contributed by atoms with E-state index in [2.05, 4.69) is 42.3 Å². The van der Waals surface area contributed by atoms with Crippen molar-refractivity contribution in [1.29, 1.82) is 0 Å². The fourth-order valence-electron chi connectivity index (χ4n) is 2.64. The molecule has 1 aliphatic rings. The lowest BCUT2D eigenvalue weighted by Gasteiger charge is -2.33. The summed E-state index contributed by atoms with van der Waals surface area (Å²) in [4.78, 5) is 2.54. The van der Waals surface area contributed by atoms with E-state index in [0.29, 0.717) is 0 Å². The van der Waals surface area contributed by atoms with E-state index in [-0.39, 0.29) is 0 Å². The van der Waals surface area contributed by atoms with Gasteiger partial charge in [-0.25, -0.2) is 0 Å². The van der Waals surface area contributed by atoms with E-state index in [9.17, 15) is 0 Å². The van der Waals surface area contributed by atoms with Gasteiger partial charge in [-0.15, -0.1) is 0 Å². The minimum atomic E-state index is 0.898. The zero-order valence-electron chi connectivity index (χ0n) is 11.3. The molecule has 1 heterocycles. The van der Waals surface area contributed by atoms with E-state index in [1.807, 2.05) is 7.05 Å². The first-order valence-electron chi connectivity index (χ1n) is 6.70. The maximum atomic E-state index is 3.20. The summed E-state index contributed by atoms with van der Waals surface area (Å²) in [5, 5.41) is 3.20. The lowest BCUT2D eigenvalue weighted by Crippen LogP contribution is -2.33. The van der Waals surface area contributed by atoms with Crippen LogP contribution in [0.25, 0.3) is 0 Å². The van der Waals surface area contributed by atoms with Crippen LogP contribution < -0.4 is 10.2 Å². The second-order valence-electron chi connectivity index (χ2n) is 5.32. The van der Waals surface area contributed by atoms with Crippen LogP contribution in [0.15, 0.2) is 18.2 Å². The SMILES string of the molecule is CNCc1ccc(N2CCC(C)CC2)c(C)c1. The van der Waals surface area contributed by atoms with Crippen LogP contribution in [0, 0.1) is 12.8 Å². The van der Waals surface area contributed by atoms with E-state index in [0.717, 1.165) is 12.5 Å². The molecule has 94 valence electrons. The summed E-state index contributed by atoms with van der Waals surface area (Å²) in [6.45, 7) is 7.98. The third-order valence-electron chi connectivity index (χ3n) is 3.77. The van der Waals surface area contributed by atoms with Crippen molar-refractivity contribution >= 4 is 5.69 Å². The molecule has 0 bridgehead atoms. The Labute approximate surface area is 105 Å². The topological polar surface area (TPSA) is 15.3 Å². The Morgan fingerprint density at radius 3 is 2.59 bits per heavy atom. The van der Waals surface area contributed by atoms with E-state index in [1.165, 1.54) is 42.7 Å². The van der Waals surface area contributed by atoms with Crippen molar-refractivity contribution in [3.63, 3.8) is 0 Å². The van der Waals surface area contributed by atoms with Gasteiger partial charge in [0.05, 0.1) is 0 Å². The number of nitrogens with one attached hydrogen (secondary N) is 1. The number of nitrogens with zero attached hydrogens (tertiary/aromatic N) is 1. The van der Waals surface area contributed by atoms with Crippen LogP contribution in [0.3, 0.4) is 0 Å². The molecule has 1 aromatic carbocycles. The molecule has 2 rings (SSSR count). The molecule has 2 nitrogen and oxygen atoms in total. The molecule has 0 atom stereocenters. The summed E-state index contributed by atoms with van der Waals surface area (Å²) in [6, 6.07) is 6.85. The van der Waals surface area contributed by atoms with Crippen LogP contribution in [0.2, 0.25) is 0 Å². The number of hydrogen-bond donors (Lipinski definition) is 1. The number of aryl methyl sites for hydroxylation is 1. The molecule has 17 heavy (non-hydrogen) atoms. The smallest absolute Gasteiger partial charge is 0.0396 e. The van der Waals surface area contributed by atoms with Crippen molar-refractivity contribution in [2.45, 2.75) is 33.2 Å². The van der Waals surface area contributed by atoms with Crippen LogP contribution in [-0.4, -0.2) is 20.1 Å². The maximum absolute atomic E-state index is 3.20. The highest BCUT2D eigenvalue weighted by atomic mass is 15.1. The lowest BCUT2D eigenvalue weighted by atomic mass is 9.98. The van der Waals surface area contributed by atoms with Crippen molar-refractivity contribution in [1.82, 2.24) is 5.32 Å². The standard InChI is InChI=1S/C15H24N2/c1-12-6-8-17(9-7-12)15-5-4-14(11-16-3)10-13(15)2/h4-5,10,12,16H,6-9,11H2,1-3H3. The fraction of sp³-hybridized carbons (Fsp3) is 0.600. The Hall–Kier alpha value is -1.02. The van der Waals surface area contributed by atoms with Gasteiger partial charge in [0.2, 0.25) is 0 Å². The van der Waals surface area contributed by atoms with Gasteiger partial charge < -0.3 is 10.2 Å². The van der Waals surface area contributed by atoms with Gasteiger partial charge in [0.1, 0.15) is 0 Å². The molecule has 1 aromatic rings. The monoisotopic (exact) mass is 232 g/mol. The Morgan fingerprint density at radius 1 is 1.29 bits per heavy atom. The van der Waals surface area contributed by atoms with Gasteiger partial charge in [-0.2, -0.15) is 0 Å². The summed E-state index contributed by atoms with van der Waals surface area (Å²) in [7, 11) is 2.00. The molecule has 1 N–H and O–H groups in total. The largest absolute Gasteiger partial charge is 0.371 e. The summed E-state index contributed by atoms with van der Waals surface area (Å²) < 4.78 is 0. The van der Waals surface area contributed by atoms with Crippen LogP contribution >= 0.6 is 0 Å². The van der Waals surface area contributed by atoms with Crippen LogP contribution in [0.1, 0.15) is 30.9 Å². The van der Waals surface area contributed by atoms with E-state index >= 15 is 0 Å². The molecule has 0 radical (unpaired) electrons. The first-order valence-corrected chi connectivity index (χ1v) is 6.70. The number of hydrogen-bond acceptors (Lipinski definition) is 2. The molecular weight excluding hydrogens is 208 g/mol. The number of rotatable bonds is 3. The van der Waals surface area contributed by atoms with Gasteiger partial charge in [0.25, 0.3) is 0 Å². The average molecular weight is 232 g/mol. The zero-order valence-corrected chi connectivity index (χ0v) is 11.3. The van der Waals surface area contributed by atoms with Gasteiger partial charge in [-0.3, -0.25) is 0 Å². The van der Waals surface area contributed by atoms with Crippen molar-refractivity contribution in [3.8, 4) is 0 Å². The molecule has 0 spiro atoms. The fourth-order valence-corrected chi connectivity index (χ4v) is 2.64. The normalized spacial score (nSPS) is 17.5. The van der Waals surface area contributed by atoms with Gasteiger partial charge in [-0.05, 0) is 49.9 Å². The highest BCUT2D eigenvalue weighted by Crippen LogP contribution is 2.26. The Balaban J connectivity index is 2.10. The Kier molecular flexibility index (Phi) is 4.06. The second kappa shape index (κ2) is 5.54. The summed E-state index contributed by atoms with van der Waals surface area (Å²) >= 11 is 0. The maximum Gasteiger partial charge on any atom is 0.0396 e. The van der Waals surface area contributed by atoms with Crippen molar-refractivity contribution in [2.75, 3.05) is 25.0 Å². The van der Waals surface area contributed by atoms with Gasteiger partial charge in [0.15, 0.2) is 0 Å². The molecule has 1 fully saturated rings. The summed E-state index contributed by atoms with van der Waals surface area (Å²) in [5.74, 6) is 0.898. The van der Waals surface area contributed by atoms with Crippen LogP contribution in [0.4, 0.5) is 5.69 Å². The van der Waals surface area contributed by atoms with E-state index < -0.39 is 0 Å². The molecular formula is C15H24N2. The predicted octanol–water partition coefficient (Wildman–Crippen LogP) is 2.95. The number of piperidine rings is 1. The number of anilines is 1. The summed E-state index contributed by atoms with van der Waals surface area (Å²) in [6.07, 6.45) is 2.66.